The summed E-state index contributed by atoms with van der Waals surface area (Å²) in [5.41, 5.74) is 4.24. The Morgan fingerprint density at radius 1 is 0.971 bits per heavy atom. The Labute approximate surface area is 196 Å². The van der Waals surface area contributed by atoms with Crippen molar-refractivity contribution in [1.29, 1.82) is 0 Å². The average Bonchev–Trinajstić information content (AvgIpc) is 3.37. The van der Waals surface area contributed by atoms with E-state index in [4.69, 9.17) is 0 Å². The minimum Gasteiger partial charge on any atom is -0.508 e. The minimum atomic E-state index is -0.757. The number of ketones is 1. The fourth-order valence-corrected chi connectivity index (χ4v) is 4.56. The highest BCUT2D eigenvalue weighted by molar-refractivity contribution is 6.46. The van der Waals surface area contributed by atoms with Crippen molar-refractivity contribution >= 4 is 28.4 Å². The van der Waals surface area contributed by atoms with E-state index >= 15 is 0 Å². The normalized spacial score (nSPS) is 17.6. The number of hydrogen-bond donors (Lipinski definition) is 3. The molecule has 0 bridgehead atoms. The van der Waals surface area contributed by atoms with Crippen LogP contribution in [0.25, 0.3) is 16.7 Å². The molecule has 5 rings (SSSR count). The van der Waals surface area contributed by atoms with E-state index in [1.54, 1.807) is 24.3 Å². The van der Waals surface area contributed by atoms with E-state index in [1.165, 1.54) is 17.0 Å². The first-order chi connectivity index (χ1) is 16.4. The fourth-order valence-electron chi connectivity index (χ4n) is 4.56. The Morgan fingerprint density at radius 3 is 2.41 bits per heavy atom. The summed E-state index contributed by atoms with van der Waals surface area (Å²) in [5, 5.41) is 22.0. The number of aromatic hydroxyl groups is 1. The van der Waals surface area contributed by atoms with E-state index in [-0.39, 0.29) is 17.1 Å². The number of amides is 1. The van der Waals surface area contributed by atoms with Gasteiger partial charge in [0.2, 0.25) is 0 Å². The maximum absolute atomic E-state index is 13.2. The third kappa shape index (κ3) is 3.73. The van der Waals surface area contributed by atoms with Crippen LogP contribution < -0.4 is 0 Å². The summed E-state index contributed by atoms with van der Waals surface area (Å²) >= 11 is 0. The van der Waals surface area contributed by atoms with Gasteiger partial charge in [-0.3, -0.25) is 9.59 Å². The van der Waals surface area contributed by atoms with Gasteiger partial charge in [0, 0.05) is 29.2 Å². The van der Waals surface area contributed by atoms with Gasteiger partial charge in [-0.2, -0.15) is 0 Å². The van der Waals surface area contributed by atoms with Crippen LogP contribution in [0, 0.1) is 6.92 Å². The van der Waals surface area contributed by atoms with E-state index in [2.05, 4.69) is 4.98 Å². The van der Waals surface area contributed by atoms with E-state index in [0.717, 1.165) is 22.0 Å². The second kappa shape index (κ2) is 8.56. The van der Waals surface area contributed by atoms with Crippen molar-refractivity contribution in [3.63, 3.8) is 0 Å². The molecule has 1 aliphatic heterocycles. The fraction of sp³-hybridized carbons (Fsp3) is 0.143. The predicted octanol–water partition coefficient (Wildman–Crippen LogP) is 4.85. The Kier molecular flexibility index (Phi) is 5.42. The number of aromatic amines is 1. The first kappa shape index (κ1) is 21.5. The number of aryl methyl sites for hydroxylation is 1. The van der Waals surface area contributed by atoms with Crippen LogP contribution in [0.5, 0.6) is 5.75 Å². The zero-order chi connectivity index (χ0) is 23.8. The van der Waals surface area contributed by atoms with Crippen molar-refractivity contribution in [2.75, 3.05) is 6.54 Å². The van der Waals surface area contributed by atoms with Gasteiger partial charge in [0.15, 0.2) is 0 Å². The van der Waals surface area contributed by atoms with Crippen molar-refractivity contribution in [1.82, 2.24) is 9.88 Å². The van der Waals surface area contributed by atoms with E-state index < -0.39 is 17.7 Å². The van der Waals surface area contributed by atoms with Crippen LogP contribution >= 0.6 is 0 Å². The smallest absolute Gasteiger partial charge is 0.295 e. The number of hydrogen-bond acceptors (Lipinski definition) is 4. The summed E-state index contributed by atoms with van der Waals surface area (Å²) < 4.78 is 0. The molecule has 1 amide bonds. The first-order valence-electron chi connectivity index (χ1n) is 11.1. The molecule has 1 atom stereocenters. The van der Waals surface area contributed by atoms with Gasteiger partial charge in [-0.15, -0.1) is 0 Å². The van der Waals surface area contributed by atoms with Crippen molar-refractivity contribution in [3.8, 4) is 5.75 Å². The van der Waals surface area contributed by atoms with Gasteiger partial charge in [-0.05, 0) is 42.7 Å². The van der Waals surface area contributed by atoms with Crippen LogP contribution in [-0.4, -0.2) is 38.3 Å². The molecule has 1 saturated heterocycles. The number of para-hydroxylation sites is 1. The maximum atomic E-state index is 13.2. The molecule has 2 heterocycles. The van der Waals surface area contributed by atoms with Crippen molar-refractivity contribution in [3.05, 3.63) is 107 Å². The van der Waals surface area contributed by atoms with E-state index in [9.17, 15) is 19.8 Å². The van der Waals surface area contributed by atoms with Crippen LogP contribution in [0.1, 0.15) is 28.3 Å². The van der Waals surface area contributed by atoms with Gasteiger partial charge in [-0.1, -0.05) is 60.2 Å². The van der Waals surface area contributed by atoms with Gasteiger partial charge in [0.25, 0.3) is 11.7 Å². The summed E-state index contributed by atoms with van der Waals surface area (Å²) in [6.07, 6.45) is 2.46. The third-order valence-electron chi connectivity index (χ3n) is 6.37. The number of H-pyrrole nitrogens is 1. The topological polar surface area (TPSA) is 93.6 Å². The molecule has 170 valence electrons. The lowest BCUT2D eigenvalue weighted by Crippen LogP contribution is -2.31. The molecular weight excluding hydrogens is 428 g/mol. The zero-order valence-corrected chi connectivity index (χ0v) is 18.7. The minimum absolute atomic E-state index is 0.0541. The van der Waals surface area contributed by atoms with E-state index in [0.29, 0.717) is 24.1 Å². The lowest BCUT2D eigenvalue weighted by molar-refractivity contribution is -0.139. The number of fused-ring (bicyclic) bond motifs is 1. The summed E-state index contributed by atoms with van der Waals surface area (Å²) in [7, 11) is 0. The van der Waals surface area contributed by atoms with Crippen LogP contribution in [0.15, 0.2) is 84.6 Å². The quantitative estimate of drug-likeness (QED) is 0.229. The number of aliphatic hydroxyl groups is 1. The summed E-state index contributed by atoms with van der Waals surface area (Å²) in [6.45, 7) is 2.23. The highest BCUT2D eigenvalue weighted by Gasteiger charge is 2.45. The molecular formula is C28H24N2O4. The summed E-state index contributed by atoms with van der Waals surface area (Å²) in [4.78, 5) is 31.1. The highest BCUT2D eigenvalue weighted by Crippen LogP contribution is 2.40. The summed E-state index contributed by atoms with van der Waals surface area (Å²) in [6, 6.07) is 20.7. The number of aromatic nitrogens is 1. The number of likely N-dealkylation sites (tertiary alicyclic amines) is 1. The molecule has 3 N–H and O–H groups in total. The van der Waals surface area contributed by atoms with Crippen molar-refractivity contribution < 1.29 is 19.8 Å². The Balaban J connectivity index is 1.56. The monoisotopic (exact) mass is 452 g/mol. The number of nitrogens with zero attached hydrogens (tertiary/aromatic N) is 1. The average molecular weight is 453 g/mol. The van der Waals surface area contributed by atoms with Crippen molar-refractivity contribution in [2.45, 2.75) is 19.4 Å². The standard InChI is InChI=1S/C28H24N2O4/c1-17-6-8-19(9-7-17)26(32)24-25(18-10-12-21(31)13-11-18)30(28(34)27(24)33)15-14-20-16-29-23-5-3-2-4-22(20)23/h2-13,16,25,29,31-32H,14-15H2,1H3. The zero-order valence-electron chi connectivity index (χ0n) is 18.7. The molecule has 1 aromatic heterocycles. The molecule has 34 heavy (non-hydrogen) atoms. The van der Waals surface area contributed by atoms with Gasteiger partial charge in [0.1, 0.15) is 11.5 Å². The third-order valence-corrected chi connectivity index (χ3v) is 6.37. The number of nitrogens with one attached hydrogen (secondary N) is 1. The van der Waals surface area contributed by atoms with Crippen molar-refractivity contribution in [2.24, 2.45) is 0 Å². The number of phenols is 1. The predicted molar refractivity (Wildman–Crippen MR) is 130 cm³/mol. The molecule has 1 aliphatic rings. The van der Waals surface area contributed by atoms with Crippen LogP contribution in [0.4, 0.5) is 0 Å². The molecule has 0 spiro atoms. The molecule has 4 aromatic rings. The maximum Gasteiger partial charge on any atom is 0.295 e. The van der Waals surface area contributed by atoms with Gasteiger partial charge in [0.05, 0.1) is 11.6 Å². The number of carbonyl (C=O) groups is 2. The van der Waals surface area contributed by atoms with Gasteiger partial charge < -0.3 is 20.1 Å². The molecule has 0 saturated carbocycles. The number of benzene rings is 3. The molecule has 1 fully saturated rings. The highest BCUT2D eigenvalue weighted by atomic mass is 16.3. The van der Waals surface area contributed by atoms with Crippen LogP contribution in [-0.2, 0) is 16.0 Å². The number of rotatable bonds is 5. The second-order valence-electron chi connectivity index (χ2n) is 8.56. The molecule has 1 unspecified atom stereocenters. The van der Waals surface area contributed by atoms with Gasteiger partial charge in [-0.25, -0.2) is 0 Å². The summed E-state index contributed by atoms with van der Waals surface area (Å²) in [5.74, 6) is -1.48. The Bertz CT molecular complexity index is 1420. The van der Waals surface area contributed by atoms with Crippen LogP contribution in [0.2, 0.25) is 0 Å². The number of phenolic OH excluding ortho intramolecular Hbond substituents is 1. The Morgan fingerprint density at radius 2 is 1.68 bits per heavy atom. The number of aliphatic hydroxyl groups excluding tert-OH is 1. The molecule has 6 heteroatoms. The number of Topliss-reactive ketones (excluding diaryl/α,β-unsaturated/α-hetero) is 1. The number of carbonyl (C=O) groups excluding carboxylic acids is 2. The largest absolute Gasteiger partial charge is 0.508 e. The molecule has 6 nitrogen and oxygen atoms in total. The lowest BCUT2D eigenvalue weighted by atomic mass is 9.95. The van der Waals surface area contributed by atoms with E-state index in [1.807, 2.05) is 49.5 Å². The lowest BCUT2D eigenvalue weighted by Gasteiger charge is -2.25. The molecule has 0 aliphatic carbocycles. The second-order valence-corrected chi connectivity index (χ2v) is 8.56. The SMILES string of the molecule is Cc1ccc(C(O)=C2C(=O)C(=O)N(CCc3c[nH]c4ccccc34)C2c2ccc(O)cc2)cc1. The first-order valence-corrected chi connectivity index (χ1v) is 11.1. The van der Waals surface area contributed by atoms with Gasteiger partial charge >= 0.3 is 0 Å². The van der Waals surface area contributed by atoms with Crippen LogP contribution in [0.3, 0.4) is 0 Å². The molecule has 3 aromatic carbocycles. The molecule has 0 radical (unpaired) electrons. The Hall–Kier alpha value is -4.32.